The van der Waals surface area contributed by atoms with Crippen molar-refractivity contribution in [2.45, 2.75) is 45.7 Å². The maximum atomic E-state index is 6.23. The Bertz CT molecular complexity index is 607. The van der Waals surface area contributed by atoms with Crippen molar-refractivity contribution in [3.8, 4) is 11.5 Å². The van der Waals surface area contributed by atoms with E-state index in [1.807, 2.05) is 12.1 Å². The summed E-state index contributed by atoms with van der Waals surface area (Å²) in [4.78, 5) is 4.72. The molecule has 0 spiro atoms. The second-order valence-corrected chi connectivity index (χ2v) is 5.19. The summed E-state index contributed by atoms with van der Waals surface area (Å²) in [5, 5.41) is 0. The number of hydrogen-bond acceptors (Lipinski definition) is 4. The second kappa shape index (κ2) is 6.80. The molecule has 1 aromatic carbocycles. The third-order valence-electron chi connectivity index (χ3n) is 3.79. The van der Waals surface area contributed by atoms with E-state index in [0.717, 1.165) is 48.4 Å². The van der Waals surface area contributed by atoms with Crippen molar-refractivity contribution in [1.29, 1.82) is 0 Å². The van der Waals surface area contributed by atoms with Crippen LogP contribution in [0.4, 0.5) is 0 Å². The highest BCUT2D eigenvalue weighted by atomic mass is 16.5. The Morgan fingerprint density at radius 2 is 1.86 bits per heavy atom. The smallest absolute Gasteiger partial charge is 0.163 e. The Labute approximate surface area is 126 Å². The van der Waals surface area contributed by atoms with Gasteiger partial charge in [0.2, 0.25) is 0 Å². The van der Waals surface area contributed by atoms with Crippen molar-refractivity contribution >= 4 is 11.0 Å². The number of nitrogens with zero attached hydrogens (tertiary/aromatic N) is 2. The van der Waals surface area contributed by atoms with Crippen LogP contribution in [0, 0.1) is 0 Å². The predicted molar refractivity (Wildman–Crippen MR) is 85.0 cm³/mol. The van der Waals surface area contributed by atoms with Crippen molar-refractivity contribution in [2.24, 2.45) is 5.73 Å². The largest absolute Gasteiger partial charge is 0.493 e. The van der Waals surface area contributed by atoms with Gasteiger partial charge in [-0.1, -0.05) is 20.3 Å². The molecule has 0 amide bonds. The van der Waals surface area contributed by atoms with Crippen molar-refractivity contribution < 1.29 is 9.47 Å². The molecule has 1 atom stereocenters. The lowest BCUT2D eigenvalue weighted by Crippen LogP contribution is -2.16. The van der Waals surface area contributed by atoms with Gasteiger partial charge in [-0.05, 0) is 12.8 Å². The fourth-order valence-electron chi connectivity index (χ4n) is 2.49. The number of nitrogens with two attached hydrogens (primary N) is 1. The summed E-state index contributed by atoms with van der Waals surface area (Å²) in [7, 11) is 3.28. The molecular formula is C16H25N3O2. The standard InChI is InChI=1S/C16H25N3O2/c1-5-7-8-19-13-10-15(21-4)14(20-3)9-12(13)18-16(19)11(17)6-2/h9-11H,5-8,17H2,1-4H3. The first-order valence-corrected chi connectivity index (χ1v) is 7.53. The lowest BCUT2D eigenvalue weighted by molar-refractivity contribution is 0.355. The average Bonchev–Trinajstić information content (AvgIpc) is 2.87. The molecule has 5 heteroatoms. The normalized spacial score (nSPS) is 12.6. The molecule has 0 aliphatic carbocycles. The highest BCUT2D eigenvalue weighted by Crippen LogP contribution is 2.33. The summed E-state index contributed by atoms with van der Waals surface area (Å²) >= 11 is 0. The molecule has 0 fully saturated rings. The predicted octanol–water partition coefficient (Wildman–Crippen LogP) is 3.26. The van der Waals surface area contributed by atoms with E-state index < -0.39 is 0 Å². The Balaban J connectivity index is 2.61. The first-order valence-electron chi connectivity index (χ1n) is 7.53. The van der Waals surface area contributed by atoms with Gasteiger partial charge in [0.15, 0.2) is 11.5 Å². The number of rotatable bonds is 7. The molecule has 2 rings (SSSR count). The summed E-state index contributed by atoms with van der Waals surface area (Å²) in [5.74, 6) is 2.36. The van der Waals surface area contributed by atoms with Gasteiger partial charge in [-0.2, -0.15) is 0 Å². The highest BCUT2D eigenvalue weighted by Gasteiger charge is 2.18. The monoisotopic (exact) mass is 291 g/mol. The quantitative estimate of drug-likeness (QED) is 0.850. The van der Waals surface area contributed by atoms with E-state index in [9.17, 15) is 0 Å². The van der Waals surface area contributed by atoms with Crippen LogP contribution >= 0.6 is 0 Å². The molecule has 0 saturated carbocycles. The van der Waals surface area contributed by atoms with Crippen LogP contribution < -0.4 is 15.2 Å². The molecule has 21 heavy (non-hydrogen) atoms. The number of fused-ring (bicyclic) bond motifs is 1. The Morgan fingerprint density at radius 3 is 2.43 bits per heavy atom. The van der Waals surface area contributed by atoms with Gasteiger partial charge in [-0.25, -0.2) is 4.98 Å². The first-order chi connectivity index (χ1) is 10.2. The molecule has 2 aromatic rings. The van der Waals surface area contributed by atoms with Crippen LogP contribution in [0.3, 0.4) is 0 Å². The summed E-state index contributed by atoms with van der Waals surface area (Å²) in [5.41, 5.74) is 8.19. The minimum Gasteiger partial charge on any atom is -0.493 e. The van der Waals surface area contributed by atoms with E-state index in [2.05, 4.69) is 18.4 Å². The number of benzene rings is 1. The Hall–Kier alpha value is -1.75. The van der Waals surface area contributed by atoms with Crippen LogP contribution in [0.1, 0.15) is 45.0 Å². The van der Waals surface area contributed by atoms with Gasteiger partial charge in [0.25, 0.3) is 0 Å². The number of methoxy groups -OCH3 is 2. The Morgan fingerprint density at radius 1 is 1.19 bits per heavy atom. The zero-order valence-electron chi connectivity index (χ0n) is 13.3. The third-order valence-corrected chi connectivity index (χ3v) is 3.79. The van der Waals surface area contributed by atoms with E-state index in [4.69, 9.17) is 20.2 Å². The van der Waals surface area contributed by atoms with Crippen LogP contribution in [0.5, 0.6) is 11.5 Å². The lowest BCUT2D eigenvalue weighted by atomic mass is 10.2. The summed E-state index contributed by atoms with van der Waals surface area (Å²) in [6, 6.07) is 3.86. The maximum absolute atomic E-state index is 6.23. The molecule has 2 N–H and O–H groups in total. The molecule has 1 aromatic heterocycles. The summed E-state index contributed by atoms with van der Waals surface area (Å²) in [6.45, 7) is 5.18. The molecule has 116 valence electrons. The van der Waals surface area contributed by atoms with Crippen molar-refractivity contribution in [2.75, 3.05) is 14.2 Å². The number of unbranched alkanes of at least 4 members (excludes halogenated alkanes) is 1. The SMILES string of the molecule is CCCCn1c(C(N)CC)nc2cc(OC)c(OC)cc21. The number of imidazole rings is 1. The number of ether oxygens (including phenoxy) is 2. The minimum atomic E-state index is -0.0498. The molecule has 1 unspecified atom stereocenters. The van der Waals surface area contributed by atoms with Crippen LogP contribution in [-0.4, -0.2) is 23.8 Å². The van der Waals surface area contributed by atoms with Crippen molar-refractivity contribution in [3.63, 3.8) is 0 Å². The zero-order valence-corrected chi connectivity index (χ0v) is 13.3. The van der Waals surface area contributed by atoms with Crippen LogP contribution in [0.25, 0.3) is 11.0 Å². The lowest BCUT2D eigenvalue weighted by Gasteiger charge is -2.13. The fraction of sp³-hybridized carbons (Fsp3) is 0.562. The molecule has 0 aliphatic heterocycles. The van der Waals surface area contributed by atoms with Gasteiger partial charge >= 0.3 is 0 Å². The van der Waals surface area contributed by atoms with Gasteiger partial charge in [0, 0.05) is 18.7 Å². The Kier molecular flexibility index (Phi) is 5.07. The average molecular weight is 291 g/mol. The van der Waals surface area contributed by atoms with Gasteiger partial charge in [-0.15, -0.1) is 0 Å². The van der Waals surface area contributed by atoms with Crippen LogP contribution in [0.2, 0.25) is 0 Å². The molecule has 0 aliphatic rings. The van der Waals surface area contributed by atoms with Crippen LogP contribution in [-0.2, 0) is 6.54 Å². The molecule has 0 saturated heterocycles. The summed E-state index contributed by atoms with van der Waals surface area (Å²) in [6.07, 6.45) is 3.10. The highest BCUT2D eigenvalue weighted by molar-refractivity contribution is 5.80. The second-order valence-electron chi connectivity index (χ2n) is 5.19. The maximum Gasteiger partial charge on any atom is 0.163 e. The van der Waals surface area contributed by atoms with Crippen molar-refractivity contribution in [3.05, 3.63) is 18.0 Å². The van der Waals surface area contributed by atoms with Crippen LogP contribution in [0.15, 0.2) is 12.1 Å². The third kappa shape index (κ3) is 2.97. The molecular weight excluding hydrogens is 266 g/mol. The van der Waals surface area contributed by atoms with E-state index in [1.165, 1.54) is 0 Å². The van der Waals surface area contributed by atoms with Gasteiger partial charge in [0.1, 0.15) is 5.82 Å². The number of aryl methyl sites for hydroxylation is 1. The van der Waals surface area contributed by atoms with E-state index >= 15 is 0 Å². The number of aromatic nitrogens is 2. The van der Waals surface area contributed by atoms with E-state index in [1.54, 1.807) is 14.2 Å². The molecule has 0 bridgehead atoms. The number of hydrogen-bond donors (Lipinski definition) is 1. The van der Waals surface area contributed by atoms with Gasteiger partial charge < -0.3 is 19.8 Å². The summed E-state index contributed by atoms with van der Waals surface area (Å²) < 4.78 is 13.0. The van der Waals surface area contributed by atoms with E-state index in [-0.39, 0.29) is 6.04 Å². The minimum absolute atomic E-state index is 0.0498. The zero-order chi connectivity index (χ0) is 15.4. The molecule has 0 radical (unpaired) electrons. The van der Waals surface area contributed by atoms with Crippen molar-refractivity contribution in [1.82, 2.24) is 9.55 Å². The first kappa shape index (κ1) is 15.6. The topological polar surface area (TPSA) is 62.3 Å². The fourth-order valence-corrected chi connectivity index (χ4v) is 2.49. The molecule has 5 nitrogen and oxygen atoms in total. The van der Waals surface area contributed by atoms with Gasteiger partial charge in [-0.3, -0.25) is 0 Å². The molecule has 1 heterocycles. The van der Waals surface area contributed by atoms with E-state index in [0.29, 0.717) is 5.75 Å². The van der Waals surface area contributed by atoms with Gasteiger partial charge in [0.05, 0.1) is 31.3 Å².